The molecule has 2 aromatic rings. The number of hydrazone groups is 1. The predicted octanol–water partition coefficient (Wildman–Crippen LogP) is 2.80. The summed E-state index contributed by atoms with van der Waals surface area (Å²) in [6.45, 7) is 4.97. The molecule has 6 nitrogen and oxygen atoms in total. The van der Waals surface area contributed by atoms with Gasteiger partial charge in [0.05, 0.1) is 17.7 Å². The van der Waals surface area contributed by atoms with Gasteiger partial charge in [-0.25, -0.2) is 18.6 Å². The largest absolute Gasteiger partial charge is 0.272 e. The van der Waals surface area contributed by atoms with Crippen molar-refractivity contribution in [2.75, 3.05) is 6.54 Å². The summed E-state index contributed by atoms with van der Waals surface area (Å²) in [5.74, 6) is -0.556. The zero-order valence-electron chi connectivity index (χ0n) is 14.7. The molecule has 0 aliphatic carbocycles. The number of hydrogen-bond acceptors (Lipinski definition) is 4. The minimum Gasteiger partial charge on any atom is -0.272 e. The van der Waals surface area contributed by atoms with Crippen LogP contribution < -0.4 is 10.1 Å². The molecule has 2 rings (SSSR count). The lowest BCUT2D eigenvalue weighted by Crippen LogP contribution is -2.35. The zero-order valence-corrected chi connectivity index (χ0v) is 17.1. The highest BCUT2D eigenvalue weighted by molar-refractivity contribution is 9.10. The van der Waals surface area contributed by atoms with Crippen LogP contribution in [0.5, 0.6) is 0 Å². The predicted molar refractivity (Wildman–Crippen MR) is 106 cm³/mol. The van der Waals surface area contributed by atoms with E-state index in [9.17, 15) is 13.2 Å². The Morgan fingerprint density at radius 3 is 2.38 bits per heavy atom. The summed E-state index contributed by atoms with van der Waals surface area (Å²) in [5.41, 5.74) is 5.36. The Morgan fingerprint density at radius 2 is 1.77 bits per heavy atom. The molecule has 0 bridgehead atoms. The third kappa shape index (κ3) is 5.23. The van der Waals surface area contributed by atoms with Crippen LogP contribution in [-0.4, -0.2) is 27.1 Å². The summed E-state index contributed by atoms with van der Waals surface area (Å²) in [6, 6.07) is 11.0. The van der Waals surface area contributed by atoms with E-state index in [4.69, 9.17) is 0 Å². The van der Waals surface area contributed by atoms with Gasteiger partial charge in [-0.15, -0.1) is 0 Å². The number of nitrogens with zero attached hydrogens (tertiary/aromatic N) is 1. The first-order valence-electron chi connectivity index (χ1n) is 7.84. The lowest BCUT2D eigenvalue weighted by Gasteiger charge is -2.12. The van der Waals surface area contributed by atoms with E-state index in [2.05, 4.69) is 31.2 Å². The topological polar surface area (TPSA) is 87.6 Å². The fourth-order valence-corrected chi connectivity index (χ4v) is 4.43. The van der Waals surface area contributed by atoms with E-state index < -0.39 is 22.5 Å². The Morgan fingerprint density at radius 1 is 1.15 bits per heavy atom. The van der Waals surface area contributed by atoms with E-state index >= 15 is 0 Å². The molecule has 1 amide bonds. The standard InChI is InChI=1S/C18H20BrN3O3S/c1-12-8-13(2)18(14(3)9-12)26(24,25)21-11-17(23)22-20-10-15-6-4-5-7-16(15)19/h4-10,21H,11H2,1-3H3,(H,22,23)/b20-10-. The molecule has 138 valence electrons. The van der Waals surface area contributed by atoms with Crippen molar-refractivity contribution in [1.82, 2.24) is 10.1 Å². The van der Waals surface area contributed by atoms with Gasteiger partial charge in [-0.05, 0) is 38.0 Å². The summed E-state index contributed by atoms with van der Waals surface area (Å²) in [4.78, 5) is 12.1. The third-order valence-electron chi connectivity index (χ3n) is 3.59. The van der Waals surface area contributed by atoms with Crippen molar-refractivity contribution in [3.63, 3.8) is 0 Å². The van der Waals surface area contributed by atoms with Gasteiger partial charge in [0.15, 0.2) is 0 Å². The number of aryl methyl sites for hydroxylation is 3. The van der Waals surface area contributed by atoms with Crippen LogP contribution in [0.15, 0.2) is 50.9 Å². The summed E-state index contributed by atoms with van der Waals surface area (Å²) in [6.07, 6.45) is 1.48. The maximum absolute atomic E-state index is 12.5. The van der Waals surface area contributed by atoms with Crippen molar-refractivity contribution < 1.29 is 13.2 Å². The van der Waals surface area contributed by atoms with E-state index in [1.165, 1.54) is 6.21 Å². The third-order valence-corrected chi connectivity index (χ3v) is 6.02. The molecular weight excluding hydrogens is 418 g/mol. The first-order chi connectivity index (χ1) is 12.2. The van der Waals surface area contributed by atoms with Crippen LogP contribution in [0, 0.1) is 20.8 Å². The Kier molecular flexibility index (Phi) is 6.69. The van der Waals surface area contributed by atoms with Gasteiger partial charge in [0.2, 0.25) is 10.0 Å². The number of amides is 1. The van der Waals surface area contributed by atoms with E-state index in [0.717, 1.165) is 15.6 Å². The Hall–Kier alpha value is -2.03. The number of rotatable bonds is 6. The molecule has 2 aromatic carbocycles. The Balaban J connectivity index is 2.00. The van der Waals surface area contributed by atoms with Gasteiger partial charge in [0.1, 0.15) is 0 Å². The van der Waals surface area contributed by atoms with Crippen LogP contribution in [0.4, 0.5) is 0 Å². The molecule has 0 spiro atoms. The quantitative estimate of drug-likeness (QED) is 0.537. The summed E-state index contributed by atoms with van der Waals surface area (Å²) < 4.78 is 28.1. The monoisotopic (exact) mass is 437 g/mol. The second kappa shape index (κ2) is 8.57. The van der Waals surface area contributed by atoms with Crippen LogP contribution in [-0.2, 0) is 14.8 Å². The number of sulfonamides is 1. The van der Waals surface area contributed by atoms with E-state index in [1.54, 1.807) is 26.0 Å². The van der Waals surface area contributed by atoms with E-state index in [-0.39, 0.29) is 4.90 Å². The normalized spacial score (nSPS) is 11.7. The molecule has 8 heteroatoms. The molecule has 0 heterocycles. The number of carbonyl (C=O) groups is 1. The van der Waals surface area contributed by atoms with Gasteiger partial charge in [-0.2, -0.15) is 5.10 Å². The van der Waals surface area contributed by atoms with Crippen molar-refractivity contribution in [3.8, 4) is 0 Å². The van der Waals surface area contributed by atoms with Crippen molar-refractivity contribution in [1.29, 1.82) is 0 Å². The second-order valence-corrected chi connectivity index (χ2v) is 8.43. The van der Waals surface area contributed by atoms with E-state index in [1.807, 2.05) is 31.2 Å². The number of carbonyl (C=O) groups excluding carboxylic acids is 1. The van der Waals surface area contributed by atoms with Crippen molar-refractivity contribution in [2.45, 2.75) is 25.7 Å². The van der Waals surface area contributed by atoms with Crippen LogP contribution >= 0.6 is 15.9 Å². The van der Waals surface area contributed by atoms with Crippen molar-refractivity contribution in [3.05, 3.63) is 63.1 Å². The molecule has 0 radical (unpaired) electrons. The Labute approximate surface area is 161 Å². The van der Waals surface area contributed by atoms with Gasteiger partial charge in [0.25, 0.3) is 5.91 Å². The minimum atomic E-state index is -3.79. The SMILES string of the molecule is Cc1cc(C)c(S(=O)(=O)NCC(=O)N/N=C\c2ccccc2Br)c(C)c1. The summed E-state index contributed by atoms with van der Waals surface area (Å²) in [7, 11) is -3.79. The molecule has 0 aliphatic heterocycles. The van der Waals surface area contributed by atoms with Gasteiger partial charge >= 0.3 is 0 Å². The molecule has 0 aromatic heterocycles. The average Bonchev–Trinajstić information content (AvgIpc) is 2.53. The second-order valence-electron chi connectivity index (χ2n) is 5.87. The molecule has 26 heavy (non-hydrogen) atoms. The maximum atomic E-state index is 12.5. The molecule has 0 saturated carbocycles. The molecule has 0 unspecified atom stereocenters. The summed E-state index contributed by atoms with van der Waals surface area (Å²) in [5, 5.41) is 3.83. The van der Waals surface area contributed by atoms with Crippen molar-refractivity contribution >= 4 is 38.1 Å². The average molecular weight is 438 g/mol. The molecule has 0 fully saturated rings. The first-order valence-corrected chi connectivity index (χ1v) is 10.1. The molecule has 0 atom stereocenters. The number of nitrogens with one attached hydrogen (secondary N) is 2. The van der Waals surface area contributed by atoms with Crippen LogP contribution in [0.2, 0.25) is 0 Å². The first kappa shape index (κ1) is 20.3. The molecule has 2 N–H and O–H groups in total. The molecule has 0 aliphatic rings. The molecular formula is C18H20BrN3O3S. The fraction of sp³-hybridized carbons (Fsp3) is 0.222. The van der Waals surface area contributed by atoms with Gasteiger partial charge in [-0.1, -0.05) is 51.8 Å². The Bertz CT molecular complexity index is 933. The van der Waals surface area contributed by atoms with Crippen LogP contribution in [0.3, 0.4) is 0 Å². The van der Waals surface area contributed by atoms with Crippen LogP contribution in [0.25, 0.3) is 0 Å². The lowest BCUT2D eigenvalue weighted by molar-refractivity contribution is -0.119. The smallest absolute Gasteiger partial charge is 0.255 e. The highest BCUT2D eigenvalue weighted by Crippen LogP contribution is 2.21. The number of halogens is 1. The number of benzene rings is 2. The lowest BCUT2D eigenvalue weighted by atomic mass is 10.1. The van der Waals surface area contributed by atoms with Gasteiger partial charge in [0, 0.05) is 10.0 Å². The highest BCUT2D eigenvalue weighted by Gasteiger charge is 2.20. The van der Waals surface area contributed by atoms with E-state index in [0.29, 0.717) is 11.1 Å². The van der Waals surface area contributed by atoms with Crippen molar-refractivity contribution in [2.24, 2.45) is 5.10 Å². The maximum Gasteiger partial charge on any atom is 0.255 e. The summed E-state index contributed by atoms with van der Waals surface area (Å²) >= 11 is 3.37. The molecule has 0 saturated heterocycles. The number of hydrogen-bond donors (Lipinski definition) is 2. The van der Waals surface area contributed by atoms with Crippen LogP contribution in [0.1, 0.15) is 22.3 Å². The fourth-order valence-electron chi connectivity index (χ4n) is 2.62. The minimum absolute atomic E-state index is 0.201. The highest BCUT2D eigenvalue weighted by atomic mass is 79.9. The van der Waals surface area contributed by atoms with Gasteiger partial charge in [-0.3, -0.25) is 4.79 Å². The van der Waals surface area contributed by atoms with Gasteiger partial charge < -0.3 is 0 Å². The zero-order chi connectivity index (χ0) is 19.3.